The van der Waals surface area contributed by atoms with Crippen LogP contribution < -0.4 is 20.9 Å². The predicted octanol–water partition coefficient (Wildman–Crippen LogP) is 1.29. The smallest absolute Gasteiger partial charge is 0.490 e. The third-order valence-electron chi connectivity index (χ3n) is 10.5. The molecular formula is C40H40N3O22P3. The van der Waals surface area contributed by atoms with Crippen LogP contribution in [0.1, 0.15) is 73.9 Å². The summed E-state index contributed by atoms with van der Waals surface area (Å²) < 4.78 is 66.0. The lowest BCUT2D eigenvalue weighted by atomic mass is 9.77. The number of aromatic nitrogens is 1. The van der Waals surface area contributed by atoms with E-state index in [1.165, 1.54) is 66.9 Å². The van der Waals surface area contributed by atoms with Crippen molar-refractivity contribution in [2.75, 3.05) is 19.7 Å². The van der Waals surface area contributed by atoms with Gasteiger partial charge in [-0.05, 0) is 55.3 Å². The van der Waals surface area contributed by atoms with E-state index in [4.69, 9.17) is 28.5 Å². The quantitative estimate of drug-likeness (QED) is 0.0427. The van der Waals surface area contributed by atoms with Gasteiger partial charge in [0.1, 0.15) is 47.4 Å². The fourth-order valence-corrected chi connectivity index (χ4v) is 10.9. The summed E-state index contributed by atoms with van der Waals surface area (Å²) in [5.74, 6) is 2.84. The Morgan fingerprint density at radius 2 is 1.51 bits per heavy atom. The van der Waals surface area contributed by atoms with E-state index in [1.54, 1.807) is 0 Å². The SMILES string of the molecule is O=C(CCCC(CNC(=O)c1ccc2c(c1)C(=O)OC21c2ccc(O)cc2Oc2cc(O)ccc21)OP(=O)(O)OP(=O)(O)OP(=O)(O)O)NCC#Cc1c[nH]c(=O)c([C@@H]2O[C@H](CO)[C@@H](O)[C@H]2O)c1. The number of H-pyrrole nitrogens is 1. The van der Waals surface area contributed by atoms with Crippen LogP contribution in [0.2, 0.25) is 0 Å². The van der Waals surface area contributed by atoms with E-state index in [0.717, 1.165) is 0 Å². The largest absolute Gasteiger partial charge is 0.508 e. The number of aliphatic hydroxyl groups excluding tert-OH is 3. The van der Waals surface area contributed by atoms with E-state index in [9.17, 15) is 68.2 Å². The van der Waals surface area contributed by atoms with Crippen LogP contribution in [-0.4, -0.2) is 112 Å². The standard InChI is InChI=1S/C40H40N3O22P3/c44-19-32-34(48)35(49)36(61-32)26-13-20(17-42-38(26)51)3-2-12-41-33(47)5-1-4-24(63-67(56,57)65-68(58,59)64-66(53,54)55)18-43-37(50)21-6-9-27-25(14-21)39(52)62-40(27)28-10-7-22(45)15-30(28)60-31-16-23(46)8-11-29(31)40/h6-11,13-17,24,32,34-36,44-46,48-49H,1,4-5,12,18-19H2,(H,41,47)(H,42,51)(H,43,50)(H,56,57)(H,58,59)(H2,53,54,55)/t24?,32-,34-,35-,36+/m1/s1. The minimum Gasteiger partial charge on any atom is -0.508 e. The first-order chi connectivity index (χ1) is 32.0. The average Bonchev–Trinajstić information content (AvgIpc) is 3.70. The summed E-state index contributed by atoms with van der Waals surface area (Å²) in [6, 6.07) is 13.5. The van der Waals surface area contributed by atoms with Crippen LogP contribution >= 0.6 is 23.5 Å². The number of fused-ring (bicyclic) bond motifs is 6. The molecule has 362 valence electrons. The number of aliphatic hydroxyl groups is 3. The van der Waals surface area contributed by atoms with Gasteiger partial charge in [0.25, 0.3) is 11.5 Å². The van der Waals surface area contributed by atoms with Gasteiger partial charge in [0.05, 0.1) is 24.8 Å². The molecule has 1 spiro atoms. The first-order valence-electron chi connectivity index (χ1n) is 19.9. The summed E-state index contributed by atoms with van der Waals surface area (Å²) in [7, 11) is -17.4. The number of ether oxygens (including phenoxy) is 3. The molecular weight excluding hydrogens is 967 g/mol. The minimum atomic E-state index is -5.95. The number of carbonyl (C=O) groups excluding carboxylic acids is 3. The molecule has 25 nitrogen and oxygen atoms in total. The Hall–Kier alpha value is -5.77. The number of hydrogen-bond donors (Lipinski definition) is 12. The molecule has 3 unspecified atom stereocenters. The molecule has 3 aromatic carbocycles. The monoisotopic (exact) mass is 1010 g/mol. The normalized spacial score (nSPS) is 21.1. The number of phenols is 2. The molecule has 1 aromatic heterocycles. The molecule has 12 N–H and O–H groups in total. The second kappa shape index (κ2) is 19.7. The van der Waals surface area contributed by atoms with Gasteiger partial charge in [-0.3, -0.25) is 18.9 Å². The van der Waals surface area contributed by atoms with Gasteiger partial charge < -0.3 is 74.9 Å². The molecule has 3 aliphatic heterocycles. The molecule has 1 fully saturated rings. The molecule has 7 rings (SSSR count). The lowest BCUT2D eigenvalue weighted by molar-refractivity contribution is -0.121. The summed E-state index contributed by atoms with van der Waals surface area (Å²) in [6.07, 6.45) is -6.53. The number of carbonyl (C=O) groups is 3. The Balaban J connectivity index is 1.02. The third kappa shape index (κ3) is 11.1. The predicted molar refractivity (Wildman–Crippen MR) is 227 cm³/mol. The van der Waals surface area contributed by atoms with Crippen molar-refractivity contribution < 1.29 is 101 Å². The molecule has 0 radical (unpaired) electrons. The van der Waals surface area contributed by atoms with Crippen LogP contribution in [-0.2, 0) is 46.7 Å². The molecule has 28 heteroatoms. The number of phosphoric acid groups is 3. The van der Waals surface area contributed by atoms with Gasteiger partial charge in [0.2, 0.25) is 5.91 Å². The number of amides is 2. The molecule has 4 aromatic rings. The number of hydrogen-bond acceptors (Lipinski definition) is 18. The highest BCUT2D eigenvalue weighted by Gasteiger charge is 2.54. The highest BCUT2D eigenvalue weighted by Crippen LogP contribution is 2.66. The number of pyridine rings is 1. The zero-order valence-electron chi connectivity index (χ0n) is 34.7. The van der Waals surface area contributed by atoms with E-state index in [2.05, 4.69) is 36.1 Å². The van der Waals surface area contributed by atoms with Gasteiger partial charge in [0.15, 0.2) is 5.60 Å². The summed E-state index contributed by atoms with van der Waals surface area (Å²) in [4.78, 5) is 92.5. The molecule has 3 aliphatic rings. The zero-order valence-corrected chi connectivity index (χ0v) is 37.3. The van der Waals surface area contributed by atoms with Crippen LogP contribution in [0.4, 0.5) is 0 Å². The Bertz CT molecular complexity index is 2880. The molecule has 2 amide bonds. The van der Waals surface area contributed by atoms with Crippen LogP contribution in [0, 0.1) is 11.8 Å². The van der Waals surface area contributed by atoms with E-state index >= 15 is 0 Å². The average molecular weight is 1010 g/mol. The van der Waals surface area contributed by atoms with Crippen molar-refractivity contribution in [3.05, 3.63) is 116 Å². The maximum absolute atomic E-state index is 13.6. The third-order valence-corrected chi connectivity index (χ3v) is 14.4. The van der Waals surface area contributed by atoms with Crippen molar-refractivity contribution in [3.8, 4) is 34.8 Å². The number of nitrogens with one attached hydrogen (secondary N) is 3. The fraction of sp³-hybridized carbons (Fsp3) is 0.300. The molecule has 1 saturated heterocycles. The zero-order chi connectivity index (χ0) is 49.3. The van der Waals surface area contributed by atoms with E-state index in [0.29, 0.717) is 11.1 Å². The number of phosphoric ester groups is 1. The molecule has 68 heavy (non-hydrogen) atoms. The topological polar surface area (TPSA) is 397 Å². The van der Waals surface area contributed by atoms with Gasteiger partial charge in [-0.2, -0.15) is 8.62 Å². The summed E-state index contributed by atoms with van der Waals surface area (Å²) in [5.41, 5.74) is -1.47. The number of aromatic amines is 1. The van der Waals surface area contributed by atoms with Gasteiger partial charge >= 0.3 is 29.4 Å². The minimum absolute atomic E-state index is 0.0715. The van der Waals surface area contributed by atoms with Crippen LogP contribution in [0.3, 0.4) is 0 Å². The Labute approximate surface area is 382 Å². The number of rotatable bonds is 16. The van der Waals surface area contributed by atoms with Gasteiger partial charge in [-0.1, -0.05) is 17.9 Å². The van der Waals surface area contributed by atoms with Gasteiger partial charge in [0, 0.05) is 64.7 Å². The van der Waals surface area contributed by atoms with Crippen molar-refractivity contribution in [3.63, 3.8) is 0 Å². The number of benzene rings is 3. The van der Waals surface area contributed by atoms with Crippen molar-refractivity contribution in [1.82, 2.24) is 15.6 Å². The van der Waals surface area contributed by atoms with Crippen molar-refractivity contribution >= 4 is 41.3 Å². The maximum Gasteiger partial charge on any atom is 0.490 e. The Morgan fingerprint density at radius 1 is 0.853 bits per heavy atom. The second-order valence-electron chi connectivity index (χ2n) is 15.2. The van der Waals surface area contributed by atoms with Crippen LogP contribution in [0.15, 0.2) is 71.7 Å². The summed E-state index contributed by atoms with van der Waals surface area (Å²) in [6.45, 7) is -1.52. The van der Waals surface area contributed by atoms with E-state index in [1.807, 2.05) is 0 Å². The molecule has 4 heterocycles. The number of aromatic hydroxyl groups is 2. The van der Waals surface area contributed by atoms with Gasteiger partial charge in [-0.15, -0.1) is 0 Å². The highest BCUT2D eigenvalue weighted by atomic mass is 31.3. The number of phenolic OH excluding ortho intramolecular Hbond substituents is 2. The van der Waals surface area contributed by atoms with Crippen molar-refractivity contribution in [2.45, 2.75) is 55.4 Å². The first kappa shape index (κ1) is 50.1. The fourth-order valence-electron chi connectivity index (χ4n) is 7.64. The lowest BCUT2D eigenvalue weighted by Crippen LogP contribution is -2.34. The second-order valence-corrected chi connectivity index (χ2v) is 19.6. The molecule has 0 bridgehead atoms. The summed E-state index contributed by atoms with van der Waals surface area (Å²) >= 11 is 0. The van der Waals surface area contributed by atoms with Crippen molar-refractivity contribution in [1.29, 1.82) is 0 Å². The van der Waals surface area contributed by atoms with Crippen LogP contribution in [0.25, 0.3) is 0 Å². The van der Waals surface area contributed by atoms with E-state index < -0.39 is 96.1 Å². The lowest BCUT2D eigenvalue weighted by Gasteiger charge is -2.36. The number of esters is 1. The van der Waals surface area contributed by atoms with Gasteiger partial charge in [-0.25, -0.2) is 18.5 Å². The highest BCUT2D eigenvalue weighted by molar-refractivity contribution is 7.66. The molecule has 0 saturated carbocycles. The van der Waals surface area contributed by atoms with E-state index in [-0.39, 0.29) is 76.6 Å². The summed E-state index contributed by atoms with van der Waals surface area (Å²) in [5, 5.41) is 55.0. The maximum atomic E-state index is 13.6. The van der Waals surface area contributed by atoms with Crippen molar-refractivity contribution in [2.24, 2.45) is 0 Å². The Kier molecular flexibility index (Phi) is 14.5. The van der Waals surface area contributed by atoms with Crippen LogP contribution in [0.5, 0.6) is 23.0 Å². The first-order valence-corrected chi connectivity index (χ1v) is 24.4. The molecule has 0 aliphatic carbocycles. The molecule has 7 atom stereocenters. The Morgan fingerprint density at radius 3 is 2.15 bits per heavy atom.